The normalized spacial score (nSPS) is 10.3. The molecule has 0 aliphatic rings. The van der Waals surface area contributed by atoms with Crippen LogP contribution in [0.2, 0.25) is 0 Å². The molecule has 0 radical (unpaired) electrons. The van der Waals surface area contributed by atoms with Crippen molar-refractivity contribution in [3.63, 3.8) is 0 Å². The molecule has 0 atom stereocenters. The molecule has 1 amide bonds. The fraction of sp³-hybridized carbons (Fsp3) is 0.250. The van der Waals surface area contributed by atoms with E-state index in [1.807, 2.05) is 11.4 Å². The number of thiophene rings is 1. The predicted molar refractivity (Wildman–Crippen MR) is 71.6 cm³/mol. The molecule has 2 aromatic rings. The number of primary amides is 1. The van der Waals surface area contributed by atoms with E-state index in [9.17, 15) is 4.79 Å². The highest BCUT2D eigenvalue weighted by atomic mass is 32.1. The minimum absolute atomic E-state index is 0.186. The van der Waals surface area contributed by atoms with E-state index in [0.717, 1.165) is 18.9 Å². The number of hydrogen-bond acceptors (Lipinski definition) is 5. The second-order valence-electron chi connectivity index (χ2n) is 3.73. The molecular formula is C12H14N4OS. The summed E-state index contributed by atoms with van der Waals surface area (Å²) in [6, 6.07) is 7.47. The summed E-state index contributed by atoms with van der Waals surface area (Å²) in [5.74, 6) is 0.186. The minimum atomic E-state index is -0.560. The minimum Gasteiger partial charge on any atom is -0.364 e. The largest absolute Gasteiger partial charge is 0.364 e. The first-order valence-electron chi connectivity index (χ1n) is 5.61. The first-order valence-corrected chi connectivity index (χ1v) is 6.49. The van der Waals surface area contributed by atoms with Crippen molar-refractivity contribution in [2.45, 2.75) is 13.5 Å². The van der Waals surface area contributed by atoms with Crippen LogP contribution in [0.25, 0.3) is 0 Å². The Bertz CT molecular complexity index is 509. The van der Waals surface area contributed by atoms with Gasteiger partial charge in [0.1, 0.15) is 0 Å². The van der Waals surface area contributed by atoms with E-state index in [4.69, 9.17) is 5.73 Å². The van der Waals surface area contributed by atoms with E-state index in [1.54, 1.807) is 23.5 Å². The first kappa shape index (κ1) is 12.5. The van der Waals surface area contributed by atoms with Crippen LogP contribution in [0.15, 0.2) is 29.6 Å². The summed E-state index contributed by atoms with van der Waals surface area (Å²) in [6.07, 6.45) is 0. The number of nitrogens with zero attached hydrogens (tertiary/aromatic N) is 3. The molecule has 2 heterocycles. The highest BCUT2D eigenvalue weighted by Gasteiger charge is 2.09. The number of amides is 1. The lowest BCUT2D eigenvalue weighted by molar-refractivity contribution is 0.0994. The van der Waals surface area contributed by atoms with Crippen molar-refractivity contribution in [1.82, 2.24) is 10.2 Å². The van der Waals surface area contributed by atoms with E-state index >= 15 is 0 Å². The molecule has 18 heavy (non-hydrogen) atoms. The highest BCUT2D eigenvalue weighted by molar-refractivity contribution is 7.09. The van der Waals surface area contributed by atoms with Crippen LogP contribution in [-0.4, -0.2) is 22.6 Å². The SMILES string of the molecule is CCN(Cc1cccs1)c1ccc(C(N)=O)nn1. The molecule has 0 saturated heterocycles. The molecule has 0 saturated carbocycles. The van der Waals surface area contributed by atoms with Gasteiger partial charge in [-0.3, -0.25) is 4.79 Å². The van der Waals surface area contributed by atoms with Crippen molar-refractivity contribution in [2.75, 3.05) is 11.4 Å². The van der Waals surface area contributed by atoms with Crippen molar-refractivity contribution in [3.05, 3.63) is 40.2 Å². The Hall–Kier alpha value is -1.95. The van der Waals surface area contributed by atoms with Crippen molar-refractivity contribution in [1.29, 1.82) is 0 Å². The number of carbonyl (C=O) groups excluding carboxylic acids is 1. The average molecular weight is 262 g/mol. The van der Waals surface area contributed by atoms with Crippen LogP contribution in [-0.2, 0) is 6.54 Å². The lowest BCUT2D eigenvalue weighted by atomic mass is 10.3. The van der Waals surface area contributed by atoms with Gasteiger partial charge in [-0.05, 0) is 30.5 Å². The lowest BCUT2D eigenvalue weighted by Gasteiger charge is -2.20. The maximum absolute atomic E-state index is 10.9. The highest BCUT2D eigenvalue weighted by Crippen LogP contribution is 2.16. The van der Waals surface area contributed by atoms with E-state index in [2.05, 4.69) is 28.1 Å². The molecule has 0 aromatic carbocycles. The first-order chi connectivity index (χ1) is 8.70. The molecular weight excluding hydrogens is 248 g/mol. The second kappa shape index (κ2) is 5.59. The van der Waals surface area contributed by atoms with E-state index in [-0.39, 0.29) is 5.69 Å². The molecule has 0 spiro atoms. The second-order valence-corrected chi connectivity index (χ2v) is 4.77. The fourth-order valence-electron chi connectivity index (χ4n) is 1.57. The maximum atomic E-state index is 10.9. The summed E-state index contributed by atoms with van der Waals surface area (Å²) in [7, 11) is 0. The van der Waals surface area contributed by atoms with Gasteiger partial charge in [0.25, 0.3) is 5.91 Å². The zero-order valence-electron chi connectivity index (χ0n) is 10.0. The Balaban J connectivity index is 2.14. The standard InChI is InChI=1S/C12H14N4OS/c1-2-16(8-9-4-3-7-18-9)11-6-5-10(12(13)17)14-15-11/h3-7H,2,8H2,1H3,(H2,13,17). The number of aromatic nitrogens is 2. The molecule has 0 fully saturated rings. The van der Waals surface area contributed by atoms with Gasteiger partial charge in [0, 0.05) is 11.4 Å². The summed E-state index contributed by atoms with van der Waals surface area (Å²) in [6.45, 7) is 3.67. The lowest BCUT2D eigenvalue weighted by Crippen LogP contribution is -2.23. The fourth-order valence-corrected chi connectivity index (χ4v) is 2.29. The van der Waals surface area contributed by atoms with Crippen LogP contribution in [0.3, 0.4) is 0 Å². The third-order valence-corrected chi connectivity index (χ3v) is 3.40. The van der Waals surface area contributed by atoms with Crippen LogP contribution < -0.4 is 10.6 Å². The molecule has 2 aromatic heterocycles. The molecule has 0 aliphatic carbocycles. The molecule has 0 unspecified atom stereocenters. The van der Waals surface area contributed by atoms with Crippen LogP contribution >= 0.6 is 11.3 Å². The number of anilines is 1. The van der Waals surface area contributed by atoms with Crippen LogP contribution in [0, 0.1) is 0 Å². The van der Waals surface area contributed by atoms with Crippen molar-refractivity contribution >= 4 is 23.1 Å². The van der Waals surface area contributed by atoms with E-state index in [0.29, 0.717) is 0 Å². The van der Waals surface area contributed by atoms with Gasteiger partial charge in [0.05, 0.1) is 6.54 Å². The Morgan fingerprint density at radius 2 is 2.22 bits per heavy atom. The molecule has 2 N–H and O–H groups in total. The Labute approximate surface area is 109 Å². The zero-order valence-corrected chi connectivity index (χ0v) is 10.9. The van der Waals surface area contributed by atoms with Gasteiger partial charge in [-0.15, -0.1) is 21.5 Å². The van der Waals surface area contributed by atoms with Crippen LogP contribution in [0.5, 0.6) is 0 Å². The van der Waals surface area contributed by atoms with Crippen molar-refractivity contribution < 1.29 is 4.79 Å². The molecule has 5 nitrogen and oxygen atoms in total. The maximum Gasteiger partial charge on any atom is 0.269 e. The van der Waals surface area contributed by atoms with E-state index < -0.39 is 5.91 Å². The average Bonchev–Trinajstić information content (AvgIpc) is 2.89. The topological polar surface area (TPSA) is 72.1 Å². The molecule has 0 aliphatic heterocycles. The van der Waals surface area contributed by atoms with Gasteiger partial charge in [-0.25, -0.2) is 0 Å². The van der Waals surface area contributed by atoms with Gasteiger partial charge in [-0.1, -0.05) is 6.07 Å². The summed E-state index contributed by atoms with van der Waals surface area (Å²) in [4.78, 5) is 14.3. The van der Waals surface area contributed by atoms with Crippen molar-refractivity contribution in [2.24, 2.45) is 5.73 Å². The van der Waals surface area contributed by atoms with Crippen LogP contribution in [0.4, 0.5) is 5.82 Å². The third kappa shape index (κ3) is 2.84. The number of carbonyl (C=O) groups is 1. The van der Waals surface area contributed by atoms with Gasteiger partial charge in [0.15, 0.2) is 11.5 Å². The third-order valence-electron chi connectivity index (χ3n) is 2.54. The van der Waals surface area contributed by atoms with Gasteiger partial charge in [0.2, 0.25) is 0 Å². The van der Waals surface area contributed by atoms with Crippen LogP contribution in [0.1, 0.15) is 22.3 Å². The van der Waals surface area contributed by atoms with Gasteiger partial charge < -0.3 is 10.6 Å². The molecule has 0 bridgehead atoms. The Morgan fingerprint density at radius 1 is 1.39 bits per heavy atom. The summed E-state index contributed by atoms with van der Waals surface area (Å²) < 4.78 is 0. The summed E-state index contributed by atoms with van der Waals surface area (Å²) >= 11 is 1.71. The number of hydrogen-bond donors (Lipinski definition) is 1. The number of rotatable bonds is 5. The molecule has 2 rings (SSSR count). The smallest absolute Gasteiger partial charge is 0.269 e. The summed E-state index contributed by atoms with van der Waals surface area (Å²) in [5, 5.41) is 9.89. The summed E-state index contributed by atoms with van der Waals surface area (Å²) in [5.41, 5.74) is 5.31. The number of nitrogens with two attached hydrogens (primary N) is 1. The zero-order chi connectivity index (χ0) is 13.0. The van der Waals surface area contributed by atoms with Crippen molar-refractivity contribution in [3.8, 4) is 0 Å². The van der Waals surface area contributed by atoms with Gasteiger partial charge >= 0.3 is 0 Å². The monoisotopic (exact) mass is 262 g/mol. The van der Waals surface area contributed by atoms with Gasteiger partial charge in [-0.2, -0.15) is 0 Å². The Kier molecular flexibility index (Phi) is 3.88. The molecule has 6 heteroatoms. The Morgan fingerprint density at radius 3 is 2.72 bits per heavy atom. The molecule has 94 valence electrons. The quantitative estimate of drug-likeness (QED) is 0.889. The van der Waals surface area contributed by atoms with E-state index in [1.165, 1.54) is 4.88 Å². The predicted octanol–water partition coefficient (Wildman–Crippen LogP) is 1.66.